The highest BCUT2D eigenvalue weighted by Gasteiger charge is 2.31. The molecule has 0 aliphatic rings. The summed E-state index contributed by atoms with van der Waals surface area (Å²) >= 11 is 0. The van der Waals surface area contributed by atoms with Crippen molar-refractivity contribution >= 4 is 21.6 Å². The van der Waals surface area contributed by atoms with Crippen LogP contribution >= 0.6 is 0 Å². The van der Waals surface area contributed by atoms with E-state index in [1.165, 1.54) is 24.5 Å². The fraction of sp³-hybridized carbons (Fsp3) is 0.286. The molecule has 0 fully saturated rings. The van der Waals surface area contributed by atoms with E-state index in [2.05, 4.69) is 5.32 Å². The number of carbonyl (C=O) groups is 1. The third kappa shape index (κ3) is 4.17. The molecule has 3 rings (SSSR count). The number of benzene rings is 1. The van der Waals surface area contributed by atoms with Crippen molar-refractivity contribution in [2.45, 2.75) is 36.6 Å². The smallest absolute Gasteiger partial charge is 0.292 e. The number of aromatic nitrogens is 1. The number of carbonyl (C=O) groups excluding carboxylic acids is 1. The Morgan fingerprint density at radius 3 is 2.50 bits per heavy atom. The summed E-state index contributed by atoms with van der Waals surface area (Å²) < 4.78 is 52.1. The number of nitrogens with one attached hydrogen (secondary N) is 1. The van der Waals surface area contributed by atoms with Crippen LogP contribution in [0.1, 0.15) is 28.2 Å². The van der Waals surface area contributed by atoms with Crippen LogP contribution in [0.5, 0.6) is 0 Å². The van der Waals surface area contributed by atoms with Crippen molar-refractivity contribution in [3.8, 4) is 0 Å². The molecule has 0 bridgehead atoms. The zero-order chi connectivity index (χ0) is 21.9. The van der Waals surface area contributed by atoms with Gasteiger partial charge in [0.25, 0.3) is 5.91 Å². The highest BCUT2D eigenvalue weighted by atomic mass is 32.2. The van der Waals surface area contributed by atoms with E-state index in [0.717, 1.165) is 12.1 Å². The Kier molecular flexibility index (Phi) is 6.42. The minimum atomic E-state index is -4.03. The summed E-state index contributed by atoms with van der Waals surface area (Å²) in [6, 6.07) is 7.65. The molecule has 0 aliphatic heterocycles. The molecule has 2 heterocycles. The molecular formula is C21H23FN2O5S. The van der Waals surface area contributed by atoms with Gasteiger partial charge in [-0.3, -0.25) is 4.79 Å². The lowest BCUT2D eigenvalue weighted by atomic mass is 10.3. The first-order valence-corrected chi connectivity index (χ1v) is 10.8. The van der Waals surface area contributed by atoms with E-state index in [-0.39, 0.29) is 21.4 Å². The molecule has 0 radical (unpaired) electrons. The van der Waals surface area contributed by atoms with Gasteiger partial charge in [0.15, 0.2) is 5.76 Å². The molecule has 1 aromatic carbocycles. The van der Waals surface area contributed by atoms with Gasteiger partial charge in [0.2, 0.25) is 9.84 Å². The van der Waals surface area contributed by atoms with Crippen LogP contribution in [0.4, 0.5) is 10.2 Å². The monoisotopic (exact) mass is 434 g/mol. The second kappa shape index (κ2) is 8.85. The van der Waals surface area contributed by atoms with Crippen LogP contribution in [-0.2, 0) is 21.1 Å². The summed E-state index contributed by atoms with van der Waals surface area (Å²) in [4.78, 5) is 12.6. The molecule has 0 aliphatic carbocycles. The molecule has 0 saturated heterocycles. The zero-order valence-electron chi connectivity index (χ0n) is 16.9. The number of nitrogens with zero attached hydrogens (tertiary/aromatic N) is 1. The average molecular weight is 434 g/mol. The molecule has 2 aromatic heterocycles. The fourth-order valence-corrected chi connectivity index (χ4v) is 4.94. The minimum Gasteiger partial charge on any atom is -0.459 e. The van der Waals surface area contributed by atoms with E-state index in [1.807, 2.05) is 0 Å². The molecular weight excluding hydrogens is 411 g/mol. The molecule has 160 valence electrons. The predicted molar refractivity (Wildman–Crippen MR) is 109 cm³/mol. The molecule has 0 atom stereocenters. The Balaban J connectivity index is 2.14. The third-order valence-corrected chi connectivity index (χ3v) is 6.80. The Morgan fingerprint density at radius 1 is 1.20 bits per heavy atom. The maximum Gasteiger partial charge on any atom is 0.292 e. The number of halogens is 1. The lowest BCUT2D eigenvalue weighted by Crippen LogP contribution is -2.18. The van der Waals surface area contributed by atoms with Crippen molar-refractivity contribution in [2.24, 2.45) is 0 Å². The number of hydrogen-bond acceptors (Lipinski definition) is 5. The van der Waals surface area contributed by atoms with E-state index in [4.69, 9.17) is 9.15 Å². The standard InChI is InChI=1S/C21H23FN2O5S/c1-14-15(2)24(11-5-12-28-3)20(23-21(25)18-6-4-13-29-18)19(14)30(26,27)17-9-7-16(22)8-10-17/h4,6-10,13H,5,11-12H2,1-3H3,(H,23,25). The van der Waals surface area contributed by atoms with Crippen LogP contribution in [0, 0.1) is 19.7 Å². The van der Waals surface area contributed by atoms with Crippen molar-refractivity contribution < 1.29 is 26.8 Å². The van der Waals surface area contributed by atoms with Crippen LogP contribution in [0.3, 0.4) is 0 Å². The molecule has 9 heteroatoms. The minimum absolute atomic E-state index is 0.0241. The van der Waals surface area contributed by atoms with Gasteiger partial charge in [0, 0.05) is 26.0 Å². The molecule has 1 N–H and O–H groups in total. The van der Waals surface area contributed by atoms with E-state index in [1.54, 1.807) is 31.6 Å². The number of anilines is 1. The Morgan fingerprint density at radius 2 is 1.90 bits per heavy atom. The quantitative estimate of drug-likeness (QED) is 0.428. The number of sulfone groups is 1. The zero-order valence-corrected chi connectivity index (χ0v) is 17.8. The van der Waals surface area contributed by atoms with Crippen molar-refractivity contribution in [2.75, 3.05) is 19.0 Å². The highest BCUT2D eigenvalue weighted by molar-refractivity contribution is 7.91. The van der Waals surface area contributed by atoms with Crippen LogP contribution < -0.4 is 5.32 Å². The van der Waals surface area contributed by atoms with Crippen molar-refractivity contribution in [3.05, 3.63) is 65.5 Å². The predicted octanol–water partition coefficient (Wildman–Crippen LogP) is 3.96. The van der Waals surface area contributed by atoms with E-state index >= 15 is 0 Å². The second-order valence-electron chi connectivity index (χ2n) is 6.77. The van der Waals surface area contributed by atoms with Crippen LogP contribution in [0.15, 0.2) is 56.9 Å². The van der Waals surface area contributed by atoms with Crippen molar-refractivity contribution in [1.82, 2.24) is 4.57 Å². The summed E-state index contributed by atoms with van der Waals surface area (Å²) in [7, 11) is -2.45. The lowest BCUT2D eigenvalue weighted by Gasteiger charge is -2.14. The third-order valence-electron chi connectivity index (χ3n) is 4.87. The molecule has 0 saturated carbocycles. The average Bonchev–Trinajstić information content (AvgIpc) is 3.32. The van der Waals surface area contributed by atoms with Crippen LogP contribution in [0.2, 0.25) is 0 Å². The van der Waals surface area contributed by atoms with Crippen LogP contribution in [0.25, 0.3) is 0 Å². The number of furan rings is 1. The van der Waals surface area contributed by atoms with Gasteiger partial charge < -0.3 is 19.0 Å². The summed E-state index contributed by atoms with van der Waals surface area (Å²) in [5, 5.41) is 2.69. The highest BCUT2D eigenvalue weighted by Crippen LogP contribution is 2.36. The van der Waals surface area contributed by atoms with E-state index in [9.17, 15) is 17.6 Å². The van der Waals surface area contributed by atoms with Gasteiger partial charge in [0.1, 0.15) is 16.5 Å². The van der Waals surface area contributed by atoms with Crippen molar-refractivity contribution in [3.63, 3.8) is 0 Å². The first kappa shape index (κ1) is 21.8. The molecule has 0 spiro atoms. The van der Waals surface area contributed by atoms with E-state index < -0.39 is 21.6 Å². The van der Waals surface area contributed by atoms with Gasteiger partial charge in [-0.15, -0.1) is 0 Å². The molecule has 7 nitrogen and oxygen atoms in total. The lowest BCUT2D eigenvalue weighted by molar-refractivity contribution is 0.0995. The molecule has 1 amide bonds. The van der Waals surface area contributed by atoms with Gasteiger partial charge in [0.05, 0.1) is 11.2 Å². The van der Waals surface area contributed by atoms with Gasteiger partial charge in [-0.2, -0.15) is 0 Å². The summed E-state index contributed by atoms with van der Waals surface area (Å²) in [5.74, 6) is -0.904. The number of hydrogen-bond donors (Lipinski definition) is 1. The molecule has 3 aromatic rings. The summed E-state index contributed by atoms with van der Waals surface area (Å²) in [6.07, 6.45) is 1.98. The SMILES string of the molecule is COCCCn1c(C)c(C)c(S(=O)(=O)c2ccc(F)cc2)c1NC(=O)c1ccco1. The first-order valence-electron chi connectivity index (χ1n) is 9.31. The second-order valence-corrected chi connectivity index (χ2v) is 8.66. The number of ether oxygens (including phenoxy) is 1. The number of amides is 1. The Hall–Kier alpha value is -2.91. The fourth-order valence-electron chi connectivity index (χ4n) is 3.24. The first-order chi connectivity index (χ1) is 14.3. The van der Waals surface area contributed by atoms with Gasteiger partial charge in [-0.25, -0.2) is 12.8 Å². The van der Waals surface area contributed by atoms with Gasteiger partial charge in [-0.1, -0.05) is 0 Å². The topological polar surface area (TPSA) is 90.5 Å². The summed E-state index contributed by atoms with van der Waals surface area (Å²) in [5.41, 5.74) is 1.20. The number of rotatable bonds is 8. The number of methoxy groups -OCH3 is 1. The molecule has 30 heavy (non-hydrogen) atoms. The Labute approximate surface area is 174 Å². The molecule has 0 unspecified atom stereocenters. The van der Waals surface area contributed by atoms with Gasteiger partial charge >= 0.3 is 0 Å². The van der Waals surface area contributed by atoms with Crippen LogP contribution in [-0.4, -0.2) is 32.6 Å². The maximum atomic E-state index is 13.4. The Bertz CT molecular complexity index is 1130. The largest absolute Gasteiger partial charge is 0.459 e. The van der Waals surface area contributed by atoms with E-state index in [0.29, 0.717) is 30.8 Å². The normalized spacial score (nSPS) is 11.6. The maximum absolute atomic E-state index is 13.4. The van der Waals surface area contributed by atoms with Gasteiger partial charge in [-0.05, 0) is 62.2 Å². The summed E-state index contributed by atoms with van der Waals surface area (Å²) in [6.45, 7) is 4.38. The van der Waals surface area contributed by atoms with Crippen molar-refractivity contribution in [1.29, 1.82) is 0 Å².